The first kappa shape index (κ1) is 25.2. The van der Waals surface area contributed by atoms with E-state index in [1.807, 2.05) is 13.0 Å². The van der Waals surface area contributed by atoms with Crippen LogP contribution in [0.4, 0.5) is 9.18 Å². The number of carboxylic acids is 1. The minimum Gasteiger partial charge on any atom is -0.477 e. The molecule has 0 radical (unpaired) electrons. The number of carboxylic acid groups (broad SMARTS) is 1. The summed E-state index contributed by atoms with van der Waals surface area (Å²) in [6.45, 7) is 2.83. The molecule has 196 valence electrons. The third-order valence-electron chi connectivity index (χ3n) is 7.41. The summed E-state index contributed by atoms with van der Waals surface area (Å²) < 4.78 is 43.8. The lowest BCUT2D eigenvalue weighted by atomic mass is 9.71. The molecule has 0 unspecified atom stereocenters. The number of amides is 1. The van der Waals surface area contributed by atoms with Gasteiger partial charge in [0.25, 0.3) is 0 Å². The number of halogens is 1. The maximum Gasteiger partial charge on any atom is 0.411 e. The van der Waals surface area contributed by atoms with E-state index in [2.05, 4.69) is 4.98 Å². The smallest absolute Gasteiger partial charge is 0.411 e. The number of fused-ring (bicyclic) bond motifs is 1. The highest BCUT2D eigenvalue weighted by Gasteiger charge is 2.54. The molecule has 1 aliphatic heterocycles. The van der Waals surface area contributed by atoms with Crippen LogP contribution in [0.2, 0.25) is 0 Å². The molecule has 5 rings (SSSR count). The van der Waals surface area contributed by atoms with Crippen molar-refractivity contribution in [2.75, 3.05) is 19.3 Å². The Hall–Kier alpha value is -3.44. The molecule has 37 heavy (non-hydrogen) atoms. The summed E-state index contributed by atoms with van der Waals surface area (Å²) in [5.41, 5.74) is 6.89. The molecule has 2 aliphatic rings. The van der Waals surface area contributed by atoms with E-state index in [-0.39, 0.29) is 16.8 Å². The number of aromatic amines is 1. The summed E-state index contributed by atoms with van der Waals surface area (Å²) in [6, 6.07) is 8.91. The molecule has 1 aromatic heterocycles. The zero-order valence-electron chi connectivity index (χ0n) is 20.5. The van der Waals surface area contributed by atoms with Gasteiger partial charge in [0.05, 0.1) is 23.9 Å². The van der Waals surface area contributed by atoms with Crippen molar-refractivity contribution in [3.8, 4) is 11.1 Å². The van der Waals surface area contributed by atoms with Crippen molar-refractivity contribution in [2.45, 2.75) is 37.2 Å². The van der Waals surface area contributed by atoms with Crippen LogP contribution in [-0.2, 0) is 20.3 Å². The van der Waals surface area contributed by atoms with Crippen LogP contribution in [0, 0.1) is 11.7 Å². The van der Waals surface area contributed by atoms with Crippen molar-refractivity contribution in [1.82, 2.24) is 9.88 Å². The summed E-state index contributed by atoms with van der Waals surface area (Å²) in [5.74, 6) is -2.09. The summed E-state index contributed by atoms with van der Waals surface area (Å²) in [4.78, 5) is 29.6. The Morgan fingerprint density at radius 2 is 2.05 bits per heavy atom. The maximum absolute atomic E-state index is 14.8. The van der Waals surface area contributed by atoms with Gasteiger partial charge in [-0.25, -0.2) is 22.4 Å². The minimum absolute atomic E-state index is 0.00613. The first-order valence-corrected chi connectivity index (χ1v) is 14.0. The molecule has 1 aliphatic carbocycles. The third-order valence-corrected chi connectivity index (χ3v) is 8.24. The Labute approximate surface area is 213 Å². The number of hydrogen-bond acceptors (Lipinski definition) is 6. The van der Waals surface area contributed by atoms with Crippen LogP contribution in [0.5, 0.6) is 0 Å². The number of benzene rings is 2. The number of nitrogens with one attached hydrogen (secondary N) is 1. The maximum atomic E-state index is 14.8. The van der Waals surface area contributed by atoms with Crippen LogP contribution in [0.3, 0.4) is 0 Å². The van der Waals surface area contributed by atoms with E-state index in [0.29, 0.717) is 41.0 Å². The van der Waals surface area contributed by atoms with Crippen molar-refractivity contribution in [3.63, 3.8) is 0 Å². The van der Waals surface area contributed by atoms with Gasteiger partial charge in [0.1, 0.15) is 17.1 Å². The van der Waals surface area contributed by atoms with Gasteiger partial charge in [0, 0.05) is 22.8 Å². The van der Waals surface area contributed by atoms with Crippen LogP contribution in [0.1, 0.15) is 47.4 Å². The number of aromatic nitrogens is 1. The first-order chi connectivity index (χ1) is 17.4. The van der Waals surface area contributed by atoms with Crippen LogP contribution >= 0.6 is 0 Å². The minimum atomic E-state index is -3.45. The van der Waals surface area contributed by atoms with Crippen molar-refractivity contribution in [3.05, 3.63) is 59.0 Å². The summed E-state index contributed by atoms with van der Waals surface area (Å²) in [5, 5.41) is 10.5. The summed E-state index contributed by atoms with van der Waals surface area (Å²) in [7, 11) is -3.45. The van der Waals surface area contributed by atoms with Crippen molar-refractivity contribution >= 4 is 32.8 Å². The number of sulfone groups is 1. The van der Waals surface area contributed by atoms with Crippen molar-refractivity contribution < 1.29 is 32.2 Å². The van der Waals surface area contributed by atoms with Gasteiger partial charge in [-0.3, -0.25) is 4.90 Å². The molecular formula is C26H28FN3O6S. The molecule has 11 heteroatoms. The largest absolute Gasteiger partial charge is 0.477 e. The Kier molecular flexibility index (Phi) is 6.03. The number of carbonyl (C=O) groups is 2. The number of hydrogen-bond donors (Lipinski definition) is 3. The van der Waals surface area contributed by atoms with E-state index in [9.17, 15) is 27.5 Å². The normalized spacial score (nSPS) is 22.3. The third kappa shape index (κ3) is 4.46. The highest BCUT2D eigenvalue weighted by atomic mass is 32.2. The van der Waals surface area contributed by atoms with Gasteiger partial charge in [0.15, 0.2) is 9.84 Å². The van der Waals surface area contributed by atoms with E-state index >= 15 is 0 Å². The molecule has 0 bridgehead atoms. The van der Waals surface area contributed by atoms with Gasteiger partial charge in [-0.15, -0.1) is 0 Å². The fourth-order valence-corrected chi connectivity index (χ4v) is 6.44. The molecule has 1 amide bonds. The molecule has 2 fully saturated rings. The topological polar surface area (TPSA) is 143 Å². The lowest BCUT2D eigenvalue weighted by molar-refractivity contribution is -0.0439. The average Bonchev–Trinajstić information content (AvgIpc) is 3.36. The van der Waals surface area contributed by atoms with Gasteiger partial charge in [-0.1, -0.05) is 30.3 Å². The van der Waals surface area contributed by atoms with Gasteiger partial charge in [-0.05, 0) is 49.4 Å². The van der Waals surface area contributed by atoms with E-state index in [1.165, 1.54) is 12.1 Å². The first-order valence-electron chi connectivity index (χ1n) is 12.0. The highest BCUT2D eigenvalue weighted by molar-refractivity contribution is 7.89. The molecule has 1 saturated heterocycles. The van der Waals surface area contributed by atoms with Crippen molar-refractivity contribution in [1.29, 1.82) is 0 Å². The number of carbonyl (C=O) groups excluding carboxylic acids is 1. The number of H-pyrrole nitrogens is 1. The molecule has 4 N–H and O–H groups in total. The zero-order valence-corrected chi connectivity index (χ0v) is 21.3. The number of nitrogens with two attached hydrogens (primary N) is 1. The lowest BCUT2D eigenvalue weighted by Gasteiger charge is -2.42. The van der Waals surface area contributed by atoms with Crippen LogP contribution < -0.4 is 5.73 Å². The molecule has 2 heterocycles. The lowest BCUT2D eigenvalue weighted by Crippen LogP contribution is -2.49. The number of para-hydroxylation sites is 1. The molecule has 1 atom stereocenters. The van der Waals surface area contributed by atoms with E-state index in [1.54, 1.807) is 17.0 Å². The zero-order chi connectivity index (χ0) is 26.7. The van der Waals surface area contributed by atoms with Crippen molar-refractivity contribution in [2.24, 2.45) is 11.7 Å². The van der Waals surface area contributed by atoms with Crippen LogP contribution in [0.25, 0.3) is 22.0 Å². The Balaban J connectivity index is 1.55. The predicted molar refractivity (Wildman–Crippen MR) is 135 cm³/mol. The molecule has 2 aromatic carbocycles. The number of nitrogens with zero attached hydrogens (tertiary/aromatic N) is 1. The summed E-state index contributed by atoms with van der Waals surface area (Å²) >= 11 is 0. The Bertz CT molecular complexity index is 1530. The Morgan fingerprint density at radius 3 is 2.68 bits per heavy atom. The molecule has 1 saturated carbocycles. The Morgan fingerprint density at radius 1 is 1.32 bits per heavy atom. The SMILES string of the molecule is C[C@@H](c1cccc2c(-c3ccc(CS(C)(=O)=O)c(F)c3)c(C(=O)O)[nH]c12)N1CC2(CC(CN)C2)OC1=O. The number of ether oxygens (including phenoxy) is 1. The monoisotopic (exact) mass is 529 g/mol. The van der Waals surface area contributed by atoms with E-state index in [4.69, 9.17) is 10.5 Å². The predicted octanol–water partition coefficient (Wildman–Crippen LogP) is 3.84. The van der Waals surface area contributed by atoms with Crippen LogP contribution in [-0.4, -0.2) is 60.4 Å². The second-order valence-electron chi connectivity index (χ2n) is 10.2. The second-order valence-corrected chi connectivity index (χ2v) is 12.3. The van der Waals surface area contributed by atoms with Gasteiger partial charge in [0.2, 0.25) is 0 Å². The van der Waals surface area contributed by atoms with Gasteiger partial charge in [-0.2, -0.15) is 0 Å². The number of aromatic carboxylic acids is 1. The van der Waals surface area contributed by atoms with E-state index < -0.39 is 45.1 Å². The van der Waals surface area contributed by atoms with Crippen LogP contribution in [0.15, 0.2) is 36.4 Å². The van der Waals surface area contributed by atoms with Gasteiger partial charge < -0.3 is 20.6 Å². The highest BCUT2D eigenvalue weighted by Crippen LogP contribution is 2.47. The average molecular weight is 530 g/mol. The molecule has 9 nitrogen and oxygen atoms in total. The standard InChI is InChI=1S/C26H28FN3O6S/c1-14(30-13-26(36-25(30)33)9-15(10-26)11-28)18-4-3-5-19-21(23(24(31)32)29-22(18)19)16-6-7-17(20(27)8-16)12-37(2,34)35/h3-8,14-15,29H,9-13,28H2,1-2H3,(H,31,32)/t14-,15?,26?/m0/s1. The fraction of sp³-hybridized carbons (Fsp3) is 0.385. The number of rotatable bonds is 7. The van der Waals surface area contributed by atoms with Gasteiger partial charge >= 0.3 is 12.1 Å². The summed E-state index contributed by atoms with van der Waals surface area (Å²) in [6.07, 6.45) is 2.04. The quantitative estimate of drug-likeness (QED) is 0.422. The molecule has 3 aromatic rings. The second kappa shape index (κ2) is 8.84. The molecular weight excluding hydrogens is 501 g/mol. The molecule has 1 spiro atoms. The van der Waals surface area contributed by atoms with E-state index in [0.717, 1.165) is 25.2 Å². The fourth-order valence-electron chi connectivity index (χ4n) is 5.64.